The van der Waals surface area contributed by atoms with Crippen LogP contribution in [0.1, 0.15) is 12.5 Å². The van der Waals surface area contributed by atoms with E-state index in [-0.39, 0.29) is 0 Å². The zero-order chi connectivity index (χ0) is 36.7. The molecule has 0 N–H and O–H groups in total. The molecule has 0 amide bonds. The van der Waals surface area contributed by atoms with E-state index in [0.29, 0.717) is 11.8 Å². The molecule has 2 unspecified atom stereocenters. The molecule has 2 heteroatoms. The topological polar surface area (TPSA) is 16.4 Å². The SMILES string of the molecule is CC1C=CC(c2ccc(N(c3ccc(-c4ccccc4)cc3)c3ccc(-c4ccc5c(c4)oc4c(-c6ccccc6)cccc45)cc3)cc2)=C2C=CC=CC21. The van der Waals surface area contributed by atoms with Crippen molar-refractivity contribution in [2.75, 3.05) is 4.90 Å². The van der Waals surface area contributed by atoms with Crippen molar-refractivity contribution in [1.82, 2.24) is 0 Å². The number of benzene rings is 7. The first-order chi connectivity index (χ1) is 27.2. The third-order valence-corrected chi connectivity index (χ3v) is 11.2. The Kier molecular flexibility index (Phi) is 8.22. The highest BCUT2D eigenvalue weighted by atomic mass is 16.3. The summed E-state index contributed by atoms with van der Waals surface area (Å²) in [4.78, 5) is 2.35. The summed E-state index contributed by atoms with van der Waals surface area (Å²) in [5, 5.41) is 2.26. The Hall–Kier alpha value is -6.90. The zero-order valence-electron chi connectivity index (χ0n) is 30.6. The predicted octanol–water partition coefficient (Wildman–Crippen LogP) is 14.8. The maximum atomic E-state index is 6.58. The molecule has 55 heavy (non-hydrogen) atoms. The molecule has 0 bridgehead atoms. The summed E-state index contributed by atoms with van der Waals surface area (Å²) < 4.78 is 6.58. The molecule has 0 aliphatic heterocycles. The Morgan fingerprint density at radius 3 is 1.71 bits per heavy atom. The van der Waals surface area contributed by atoms with E-state index in [2.05, 4.69) is 212 Å². The maximum Gasteiger partial charge on any atom is 0.143 e. The average molecular weight is 706 g/mol. The van der Waals surface area contributed by atoms with Crippen LogP contribution in [-0.2, 0) is 0 Å². The fraction of sp³-hybridized carbons (Fsp3) is 0.0566. The van der Waals surface area contributed by atoms with E-state index in [9.17, 15) is 0 Å². The summed E-state index contributed by atoms with van der Waals surface area (Å²) in [5.74, 6) is 0.909. The van der Waals surface area contributed by atoms with Crippen molar-refractivity contribution < 1.29 is 4.42 Å². The lowest BCUT2D eigenvalue weighted by Crippen LogP contribution is -2.15. The van der Waals surface area contributed by atoms with E-state index in [4.69, 9.17) is 4.42 Å². The molecule has 0 radical (unpaired) electrons. The lowest BCUT2D eigenvalue weighted by molar-refractivity contribution is 0.585. The van der Waals surface area contributed by atoms with Gasteiger partial charge in [-0.1, -0.05) is 165 Å². The highest BCUT2D eigenvalue weighted by Gasteiger charge is 2.24. The maximum absolute atomic E-state index is 6.58. The van der Waals surface area contributed by atoms with Crippen LogP contribution in [0.3, 0.4) is 0 Å². The van der Waals surface area contributed by atoms with E-state index < -0.39 is 0 Å². The molecule has 10 rings (SSSR count). The van der Waals surface area contributed by atoms with Gasteiger partial charge in [-0.05, 0) is 99.0 Å². The molecule has 0 spiro atoms. The molecule has 0 saturated carbocycles. The molecule has 2 atom stereocenters. The number of nitrogens with zero attached hydrogens (tertiary/aromatic N) is 1. The number of fused-ring (bicyclic) bond motifs is 4. The van der Waals surface area contributed by atoms with Crippen LogP contribution in [0.4, 0.5) is 17.1 Å². The molecular formula is C53H39NO. The third kappa shape index (κ3) is 6.02. The van der Waals surface area contributed by atoms with Crippen LogP contribution in [0.5, 0.6) is 0 Å². The Labute approximate surface area is 322 Å². The minimum atomic E-state index is 0.419. The van der Waals surface area contributed by atoms with Gasteiger partial charge in [0.2, 0.25) is 0 Å². The van der Waals surface area contributed by atoms with Crippen molar-refractivity contribution in [3.05, 3.63) is 217 Å². The number of allylic oxidation sites excluding steroid dienone is 8. The minimum Gasteiger partial charge on any atom is -0.455 e. The standard InChI is InChI=1S/C53H39NO/c1-36-19-33-47(49-16-9-8-15-46(36)49)41-24-31-45(32-25-41)54(43-27-20-38(21-28-43)37-11-4-2-5-12-37)44-29-22-39(23-30-44)42-26-34-50-51-18-10-17-48(40-13-6-3-7-14-40)53(51)55-52(50)35-42/h2-36,46H,1H3. The van der Waals surface area contributed by atoms with Crippen LogP contribution in [0, 0.1) is 11.8 Å². The van der Waals surface area contributed by atoms with Gasteiger partial charge in [0.05, 0.1) is 0 Å². The van der Waals surface area contributed by atoms with Crippen LogP contribution >= 0.6 is 0 Å². The van der Waals surface area contributed by atoms with Crippen LogP contribution in [0.2, 0.25) is 0 Å². The Morgan fingerprint density at radius 1 is 0.455 bits per heavy atom. The number of furan rings is 1. The van der Waals surface area contributed by atoms with Crippen molar-refractivity contribution in [3.63, 3.8) is 0 Å². The van der Waals surface area contributed by atoms with Crippen LogP contribution in [0.25, 0.3) is 60.9 Å². The van der Waals surface area contributed by atoms with Gasteiger partial charge in [0.1, 0.15) is 11.2 Å². The molecule has 2 nitrogen and oxygen atoms in total. The number of para-hydroxylation sites is 1. The number of rotatable bonds is 7. The van der Waals surface area contributed by atoms with Crippen molar-refractivity contribution in [3.8, 4) is 33.4 Å². The van der Waals surface area contributed by atoms with Gasteiger partial charge in [-0.2, -0.15) is 0 Å². The van der Waals surface area contributed by atoms with Crippen LogP contribution in [0.15, 0.2) is 216 Å². The van der Waals surface area contributed by atoms with Crippen molar-refractivity contribution in [2.45, 2.75) is 6.92 Å². The van der Waals surface area contributed by atoms with E-state index in [0.717, 1.165) is 61.3 Å². The molecule has 1 heterocycles. The van der Waals surface area contributed by atoms with Gasteiger partial charge in [-0.3, -0.25) is 0 Å². The quantitative estimate of drug-likeness (QED) is 0.164. The molecule has 0 saturated heterocycles. The summed E-state index contributed by atoms with van der Waals surface area (Å²) >= 11 is 0. The molecule has 1 aromatic heterocycles. The highest BCUT2D eigenvalue weighted by Crippen LogP contribution is 2.42. The van der Waals surface area contributed by atoms with Gasteiger partial charge in [0, 0.05) is 39.3 Å². The fourth-order valence-electron chi connectivity index (χ4n) is 8.31. The van der Waals surface area contributed by atoms with Gasteiger partial charge < -0.3 is 9.32 Å². The summed E-state index contributed by atoms with van der Waals surface area (Å²) in [6.45, 7) is 2.30. The first-order valence-corrected chi connectivity index (χ1v) is 19.1. The molecular weight excluding hydrogens is 667 g/mol. The van der Waals surface area contributed by atoms with Crippen molar-refractivity contribution in [1.29, 1.82) is 0 Å². The number of anilines is 3. The predicted molar refractivity (Wildman–Crippen MR) is 232 cm³/mol. The van der Waals surface area contributed by atoms with Gasteiger partial charge in [0.15, 0.2) is 0 Å². The zero-order valence-corrected chi connectivity index (χ0v) is 30.6. The normalized spacial score (nSPS) is 16.2. The van der Waals surface area contributed by atoms with E-state index in [1.54, 1.807) is 0 Å². The Morgan fingerprint density at radius 2 is 1.04 bits per heavy atom. The molecule has 7 aromatic carbocycles. The third-order valence-electron chi connectivity index (χ3n) is 11.2. The van der Waals surface area contributed by atoms with Gasteiger partial charge in [0.25, 0.3) is 0 Å². The second kappa shape index (κ2) is 13.8. The summed E-state index contributed by atoms with van der Waals surface area (Å²) in [6.07, 6.45) is 13.6. The lowest BCUT2D eigenvalue weighted by Gasteiger charge is -2.29. The smallest absolute Gasteiger partial charge is 0.143 e. The minimum absolute atomic E-state index is 0.419. The molecule has 262 valence electrons. The summed E-state index contributed by atoms with van der Waals surface area (Å²) in [5.41, 5.74) is 16.0. The molecule has 8 aromatic rings. The van der Waals surface area contributed by atoms with Crippen LogP contribution < -0.4 is 4.90 Å². The second-order valence-corrected chi connectivity index (χ2v) is 14.6. The molecule has 2 aliphatic carbocycles. The number of hydrogen-bond donors (Lipinski definition) is 0. The molecule has 0 fully saturated rings. The average Bonchev–Trinajstić information content (AvgIpc) is 3.64. The van der Waals surface area contributed by atoms with Crippen LogP contribution in [-0.4, -0.2) is 0 Å². The van der Waals surface area contributed by atoms with E-state index in [1.807, 2.05) is 6.07 Å². The Bertz CT molecular complexity index is 2780. The highest BCUT2D eigenvalue weighted by molar-refractivity contribution is 6.10. The van der Waals surface area contributed by atoms with Gasteiger partial charge >= 0.3 is 0 Å². The summed E-state index contributed by atoms with van der Waals surface area (Å²) in [6, 6.07) is 60.8. The molecule has 2 aliphatic rings. The van der Waals surface area contributed by atoms with E-state index in [1.165, 1.54) is 27.8 Å². The summed E-state index contributed by atoms with van der Waals surface area (Å²) in [7, 11) is 0. The Balaban J connectivity index is 1.01. The van der Waals surface area contributed by atoms with E-state index >= 15 is 0 Å². The number of hydrogen-bond acceptors (Lipinski definition) is 2. The fourth-order valence-corrected chi connectivity index (χ4v) is 8.31. The van der Waals surface area contributed by atoms with Gasteiger partial charge in [-0.25, -0.2) is 0 Å². The van der Waals surface area contributed by atoms with Gasteiger partial charge in [-0.15, -0.1) is 0 Å². The monoisotopic (exact) mass is 705 g/mol. The largest absolute Gasteiger partial charge is 0.455 e. The first-order valence-electron chi connectivity index (χ1n) is 19.1. The second-order valence-electron chi connectivity index (χ2n) is 14.6. The first kappa shape index (κ1) is 32.7. The lowest BCUT2D eigenvalue weighted by atomic mass is 9.76. The van der Waals surface area contributed by atoms with Crippen molar-refractivity contribution in [2.24, 2.45) is 11.8 Å². The van der Waals surface area contributed by atoms with Crippen molar-refractivity contribution >= 4 is 44.6 Å².